The summed E-state index contributed by atoms with van der Waals surface area (Å²) in [5, 5.41) is 3.18. The van der Waals surface area contributed by atoms with Crippen LogP contribution >= 0.6 is 0 Å². The van der Waals surface area contributed by atoms with Crippen molar-refractivity contribution in [2.45, 2.75) is 51.2 Å². The molecule has 3 rings (SSSR count). The number of aryl methyl sites for hydroxylation is 2. The second-order valence-corrected chi connectivity index (χ2v) is 6.19. The van der Waals surface area contributed by atoms with Crippen molar-refractivity contribution >= 4 is 11.7 Å². The standard InChI is InChI=1S/C15H19F3N4O/c1-9-19-12-5-3-2-4-11(12)14(20-9)21-10-6-13(23)22(7-10)8-15(16,17)18/h10H,2-8H2,1H3,(H,19,20,21). The fourth-order valence-corrected chi connectivity index (χ4v) is 3.27. The minimum atomic E-state index is -4.37. The third-order valence-electron chi connectivity index (χ3n) is 4.22. The number of hydrogen-bond acceptors (Lipinski definition) is 4. The first kappa shape index (κ1) is 16.0. The topological polar surface area (TPSA) is 58.1 Å². The van der Waals surface area contributed by atoms with Gasteiger partial charge in [-0.15, -0.1) is 0 Å². The maximum atomic E-state index is 12.5. The molecule has 23 heavy (non-hydrogen) atoms. The second kappa shape index (κ2) is 5.98. The molecule has 1 N–H and O–H groups in total. The predicted molar refractivity (Wildman–Crippen MR) is 78.1 cm³/mol. The van der Waals surface area contributed by atoms with E-state index < -0.39 is 18.6 Å². The lowest BCUT2D eigenvalue weighted by molar-refractivity contribution is -0.157. The van der Waals surface area contributed by atoms with Crippen molar-refractivity contribution in [2.24, 2.45) is 0 Å². The summed E-state index contributed by atoms with van der Waals surface area (Å²) in [6.45, 7) is 0.664. The van der Waals surface area contributed by atoms with E-state index in [0.717, 1.165) is 41.8 Å². The zero-order chi connectivity index (χ0) is 16.6. The lowest BCUT2D eigenvalue weighted by Crippen LogP contribution is -2.36. The normalized spacial score (nSPS) is 21.5. The summed E-state index contributed by atoms with van der Waals surface area (Å²) in [5.74, 6) is 0.850. The molecule has 1 aromatic heterocycles. The Bertz CT molecular complexity index is 617. The minimum Gasteiger partial charge on any atom is -0.365 e. The van der Waals surface area contributed by atoms with Crippen molar-refractivity contribution in [3.05, 3.63) is 17.1 Å². The van der Waals surface area contributed by atoms with Gasteiger partial charge in [-0.1, -0.05) is 0 Å². The number of nitrogens with zero attached hydrogens (tertiary/aromatic N) is 3. The molecular formula is C15H19F3N4O. The molecule has 0 saturated carbocycles. The number of halogens is 3. The first-order valence-corrected chi connectivity index (χ1v) is 7.79. The molecule has 1 fully saturated rings. The average molecular weight is 328 g/mol. The quantitative estimate of drug-likeness (QED) is 0.924. The molecule has 1 amide bonds. The van der Waals surface area contributed by atoms with E-state index in [9.17, 15) is 18.0 Å². The summed E-state index contributed by atoms with van der Waals surface area (Å²) < 4.78 is 37.4. The van der Waals surface area contributed by atoms with Crippen molar-refractivity contribution < 1.29 is 18.0 Å². The molecule has 5 nitrogen and oxygen atoms in total. The van der Waals surface area contributed by atoms with Crippen LogP contribution in [0.2, 0.25) is 0 Å². The van der Waals surface area contributed by atoms with Gasteiger partial charge in [0.15, 0.2) is 0 Å². The number of fused-ring (bicyclic) bond motifs is 1. The molecule has 1 saturated heterocycles. The summed E-state index contributed by atoms with van der Waals surface area (Å²) in [4.78, 5) is 21.5. The van der Waals surface area contributed by atoms with Gasteiger partial charge in [0.25, 0.3) is 0 Å². The summed E-state index contributed by atoms with van der Waals surface area (Å²) >= 11 is 0. The first-order valence-electron chi connectivity index (χ1n) is 7.79. The Hall–Kier alpha value is -1.86. The number of rotatable bonds is 3. The second-order valence-electron chi connectivity index (χ2n) is 6.19. The molecule has 2 heterocycles. The van der Waals surface area contributed by atoms with Crippen molar-refractivity contribution in [1.29, 1.82) is 0 Å². The summed E-state index contributed by atoms with van der Waals surface area (Å²) in [6, 6.07) is -0.342. The van der Waals surface area contributed by atoms with Crippen molar-refractivity contribution in [3.8, 4) is 0 Å². The molecule has 2 aliphatic rings. The van der Waals surface area contributed by atoms with E-state index in [1.165, 1.54) is 0 Å². The Balaban J connectivity index is 1.73. The minimum absolute atomic E-state index is 0.0518. The largest absolute Gasteiger partial charge is 0.406 e. The van der Waals surface area contributed by atoms with Gasteiger partial charge in [0.05, 0.1) is 6.04 Å². The molecule has 0 spiro atoms. The van der Waals surface area contributed by atoms with Gasteiger partial charge in [-0.25, -0.2) is 9.97 Å². The first-order chi connectivity index (χ1) is 10.8. The van der Waals surface area contributed by atoms with E-state index in [1.54, 1.807) is 6.92 Å². The van der Waals surface area contributed by atoms with Gasteiger partial charge >= 0.3 is 6.18 Å². The number of anilines is 1. The molecule has 0 aromatic carbocycles. The summed E-state index contributed by atoms with van der Waals surface area (Å²) in [6.07, 6.45) is -0.396. The molecule has 126 valence electrons. The number of amides is 1. The van der Waals surface area contributed by atoms with Gasteiger partial charge in [-0.3, -0.25) is 4.79 Å². The van der Waals surface area contributed by atoms with Gasteiger partial charge in [-0.2, -0.15) is 13.2 Å². The van der Waals surface area contributed by atoms with Crippen LogP contribution in [0, 0.1) is 6.92 Å². The lowest BCUT2D eigenvalue weighted by Gasteiger charge is -2.22. The molecule has 0 bridgehead atoms. The van der Waals surface area contributed by atoms with Gasteiger partial charge in [-0.05, 0) is 32.6 Å². The third kappa shape index (κ3) is 3.73. The summed E-state index contributed by atoms with van der Waals surface area (Å²) in [5.41, 5.74) is 2.06. The van der Waals surface area contributed by atoms with E-state index in [4.69, 9.17) is 0 Å². The summed E-state index contributed by atoms with van der Waals surface area (Å²) in [7, 11) is 0. The highest BCUT2D eigenvalue weighted by Crippen LogP contribution is 2.28. The van der Waals surface area contributed by atoms with E-state index in [2.05, 4.69) is 15.3 Å². The third-order valence-corrected chi connectivity index (χ3v) is 4.22. The fourth-order valence-electron chi connectivity index (χ4n) is 3.27. The Morgan fingerprint density at radius 2 is 2.00 bits per heavy atom. The Morgan fingerprint density at radius 3 is 2.74 bits per heavy atom. The highest BCUT2D eigenvalue weighted by Gasteiger charge is 2.38. The van der Waals surface area contributed by atoms with Crippen LogP contribution in [0.1, 0.15) is 36.3 Å². The molecule has 1 aromatic rings. The molecule has 0 radical (unpaired) electrons. The van der Waals surface area contributed by atoms with Crippen LogP contribution in [-0.4, -0.2) is 46.1 Å². The Labute approximate surface area is 132 Å². The Morgan fingerprint density at radius 1 is 1.26 bits per heavy atom. The molecular weight excluding hydrogens is 309 g/mol. The predicted octanol–water partition coefficient (Wildman–Crippen LogP) is 2.24. The van der Waals surface area contributed by atoms with Crippen LogP contribution < -0.4 is 5.32 Å². The van der Waals surface area contributed by atoms with Crippen LogP contribution in [0.25, 0.3) is 0 Å². The van der Waals surface area contributed by atoms with Crippen molar-refractivity contribution in [3.63, 3.8) is 0 Å². The lowest BCUT2D eigenvalue weighted by atomic mass is 9.96. The smallest absolute Gasteiger partial charge is 0.365 e. The van der Waals surface area contributed by atoms with Crippen LogP contribution in [0.3, 0.4) is 0 Å². The number of likely N-dealkylation sites (tertiary alicyclic amines) is 1. The van der Waals surface area contributed by atoms with Crippen LogP contribution in [-0.2, 0) is 17.6 Å². The highest BCUT2D eigenvalue weighted by atomic mass is 19.4. The highest BCUT2D eigenvalue weighted by molar-refractivity contribution is 5.80. The zero-order valence-electron chi connectivity index (χ0n) is 12.9. The van der Waals surface area contributed by atoms with Crippen molar-refractivity contribution in [1.82, 2.24) is 14.9 Å². The van der Waals surface area contributed by atoms with E-state index >= 15 is 0 Å². The van der Waals surface area contributed by atoms with Crippen LogP contribution in [0.15, 0.2) is 0 Å². The molecule has 1 aliphatic carbocycles. The zero-order valence-corrected chi connectivity index (χ0v) is 12.9. The number of aromatic nitrogens is 2. The van der Waals surface area contributed by atoms with Gasteiger partial charge in [0, 0.05) is 24.2 Å². The number of carbonyl (C=O) groups excluding carboxylic acids is 1. The number of carbonyl (C=O) groups is 1. The number of hydrogen-bond donors (Lipinski definition) is 1. The Kier molecular flexibility index (Phi) is 4.16. The van der Waals surface area contributed by atoms with E-state index in [1.807, 2.05) is 0 Å². The van der Waals surface area contributed by atoms with Gasteiger partial charge in [0.2, 0.25) is 5.91 Å². The maximum absolute atomic E-state index is 12.5. The van der Waals surface area contributed by atoms with Gasteiger partial charge < -0.3 is 10.2 Å². The van der Waals surface area contributed by atoms with Crippen LogP contribution in [0.5, 0.6) is 0 Å². The number of alkyl halides is 3. The SMILES string of the molecule is Cc1nc2c(c(NC3CC(=O)N(CC(F)(F)F)C3)n1)CCCC2. The van der Waals surface area contributed by atoms with E-state index in [0.29, 0.717) is 11.6 Å². The fraction of sp³-hybridized carbons (Fsp3) is 0.667. The molecule has 1 atom stereocenters. The maximum Gasteiger partial charge on any atom is 0.406 e. The van der Waals surface area contributed by atoms with E-state index in [-0.39, 0.29) is 19.0 Å². The molecule has 1 aliphatic heterocycles. The average Bonchev–Trinajstić information content (AvgIpc) is 2.76. The monoisotopic (exact) mass is 328 g/mol. The molecule has 8 heteroatoms. The van der Waals surface area contributed by atoms with Crippen LogP contribution in [0.4, 0.5) is 19.0 Å². The molecule has 1 unspecified atom stereocenters. The van der Waals surface area contributed by atoms with Gasteiger partial charge in [0.1, 0.15) is 18.2 Å². The number of nitrogens with one attached hydrogen (secondary N) is 1. The van der Waals surface area contributed by atoms with Crippen molar-refractivity contribution in [2.75, 3.05) is 18.4 Å².